The Morgan fingerprint density at radius 2 is 0.964 bits per heavy atom. The zero-order valence-corrected chi connectivity index (χ0v) is 18.3. The molecule has 8 nitrogen and oxygen atoms in total. The predicted octanol–water partition coefficient (Wildman–Crippen LogP) is 2.88. The summed E-state index contributed by atoms with van der Waals surface area (Å²) in [6, 6.07) is 0.671. The molecule has 2 N–H and O–H groups in total. The van der Waals surface area contributed by atoms with Gasteiger partial charge in [-0.25, -0.2) is 9.59 Å². The van der Waals surface area contributed by atoms with Gasteiger partial charge in [0.15, 0.2) is 0 Å². The highest BCUT2D eigenvalue weighted by molar-refractivity contribution is 5.68. The Morgan fingerprint density at radius 1 is 0.679 bits per heavy atom. The Bertz CT molecular complexity index is 477. The Labute approximate surface area is 169 Å². The first-order chi connectivity index (χ1) is 12.9. The number of ether oxygens (including phenoxy) is 2. The van der Waals surface area contributed by atoms with Crippen LogP contribution in [0.2, 0.25) is 0 Å². The zero-order chi connectivity index (χ0) is 20.9. The van der Waals surface area contributed by atoms with Crippen LogP contribution in [0.15, 0.2) is 0 Å². The molecule has 2 saturated heterocycles. The molecule has 2 aliphatic rings. The normalized spacial score (nSPS) is 20.2. The monoisotopic (exact) mass is 398 g/mol. The second-order valence-corrected chi connectivity index (χ2v) is 9.77. The van der Waals surface area contributed by atoms with E-state index in [2.05, 4.69) is 10.9 Å². The van der Waals surface area contributed by atoms with Crippen LogP contribution in [0.1, 0.15) is 67.2 Å². The molecular weight excluding hydrogens is 360 g/mol. The maximum atomic E-state index is 12.1. The van der Waals surface area contributed by atoms with Crippen molar-refractivity contribution < 1.29 is 19.1 Å². The maximum Gasteiger partial charge on any atom is 0.410 e. The molecule has 0 radical (unpaired) electrons. The van der Waals surface area contributed by atoms with E-state index >= 15 is 0 Å². The summed E-state index contributed by atoms with van der Waals surface area (Å²) in [5, 5.41) is 0. The molecule has 0 aliphatic carbocycles. The zero-order valence-electron chi connectivity index (χ0n) is 18.3. The Morgan fingerprint density at radius 3 is 1.21 bits per heavy atom. The number of carbonyl (C=O) groups excluding carboxylic acids is 2. The molecule has 162 valence electrons. The lowest BCUT2D eigenvalue weighted by Gasteiger charge is -2.36. The number of amides is 2. The second-order valence-electron chi connectivity index (χ2n) is 9.77. The molecule has 0 saturated carbocycles. The fourth-order valence-electron chi connectivity index (χ4n) is 3.30. The first kappa shape index (κ1) is 22.7. The van der Waals surface area contributed by atoms with E-state index in [1.54, 1.807) is 9.80 Å². The van der Waals surface area contributed by atoms with E-state index in [1.165, 1.54) is 0 Å². The molecule has 8 heteroatoms. The number of nitrogens with one attached hydrogen (secondary N) is 2. The summed E-state index contributed by atoms with van der Waals surface area (Å²) >= 11 is 0. The van der Waals surface area contributed by atoms with Gasteiger partial charge in [-0.05, 0) is 67.2 Å². The third kappa shape index (κ3) is 7.83. The van der Waals surface area contributed by atoms with Crippen molar-refractivity contribution in [2.45, 2.75) is 90.5 Å². The van der Waals surface area contributed by atoms with Crippen molar-refractivity contribution in [3.05, 3.63) is 0 Å². The van der Waals surface area contributed by atoms with E-state index in [0.29, 0.717) is 38.3 Å². The molecule has 0 aromatic carbocycles. The minimum atomic E-state index is -0.456. The second kappa shape index (κ2) is 9.31. The van der Waals surface area contributed by atoms with Gasteiger partial charge < -0.3 is 19.3 Å². The lowest BCUT2D eigenvalue weighted by Crippen LogP contribution is -2.54. The molecule has 0 aromatic rings. The molecule has 2 heterocycles. The van der Waals surface area contributed by atoms with E-state index in [-0.39, 0.29) is 12.2 Å². The lowest BCUT2D eigenvalue weighted by molar-refractivity contribution is 0.0163. The van der Waals surface area contributed by atoms with Gasteiger partial charge in [0.25, 0.3) is 0 Å². The van der Waals surface area contributed by atoms with Crippen LogP contribution in [-0.2, 0) is 9.47 Å². The number of likely N-dealkylation sites (tertiary alicyclic amines) is 2. The fraction of sp³-hybridized carbons (Fsp3) is 0.900. The molecule has 2 aliphatic heterocycles. The molecule has 0 atom stereocenters. The summed E-state index contributed by atoms with van der Waals surface area (Å²) in [5.74, 6) is 0. The molecule has 28 heavy (non-hydrogen) atoms. The van der Waals surface area contributed by atoms with Crippen molar-refractivity contribution in [3.63, 3.8) is 0 Å². The van der Waals surface area contributed by atoms with Gasteiger partial charge in [0.1, 0.15) is 11.2 Å². The van der Waals surface area contributed by atoms with E-state index in [4.69, 9.17) is 9.47 Å². The third-order valence-electron chi connectivity index (χ3n) is 4.78. The number of nitrogens with zero attached hydrogens (tertiary/aromatic N) is 2. The van der Waals surface area contributed by atoms with Gasteiger partial charge in [-0.2, -0.15) is 0 Å². The summed E-state index contributed by atoms with van der Waals surface area (Å²) < 4.78 is 10.9. The van der Waals surface area contributed by atoms with Gasteiger partial charge in [-0.3, -0.25) is 10.9 Å². The number of rotatable bonds is 3. The average Bonchev–Trinajstić information content (AvgIpc) is 2.58. The topological polar surface area (TPSA) is 83.1 Å². The number of piperidine rings is 2. The molecule has 0 unspecified atom stereocenters. The van der Waals surface area contributed by atoms with Crippen LogP contribution in [-0.4, -0.2) is 71.5 Å². The summed E-state index contributed by atoms with van der Waals surface area (Å²) in [5.41, 5.74) is 5.92. The van der Waals surface area contributed by atoms with Crippen LogP contribution in [0, 0.1) is 0 Å². The molecule has 0 spiro atoms. The number of hydrogen-bond donors (Lipinski definition) is 2. The van der Waals surface area contributed by atoms with Crippen LogP contribution in [0.3, 0.4) is 0 Å². The molecule has 2 rings (SSSR count). The molecule has 0 aromatic heterocycles. The van der Waals surface area contributed by atoms with Crippen molar-refractivity contribution in [2.24, 2.45) is 0 Å². The van der Waals surface area contributed by atoms with Crippen molar-refractivity contribution in [2.75, 3.05) is 26.2 Å². The van der Waals surface area contributed by atoms with Crippen LogP contribution in [0.5, 0.6) is 0 Å². The highest BCUT2D eigenvalue weighted by atomic mass is 16.6. The fourth-order valence-corrected chi connectivity index (χ4v) is 3.30. The Hall–Kier alpha value is -1.54. The number of hydrazine groups is 1. The maximum absolute atomic E-state index is 12.1. The van der Waals surface area contributed by atoms with Crippen molar-refractivity contribution in [1.82, 2.24) is 20.7 Å². The largest absolute Gasteiger partial charge is 0.444 e. The summed E-state index contributed by atoms with van der Waals surface area (Å²) in [6.07, 6.45) is 3.11. The van der Waals surface area contributed by atoms with Gasteiger partial charge in [0, 0.05) is 38.3 Å². The Balaban J connectivity index is 1.63. The predicted molar refractivity (Wildman–Crippen MR) is 108 cm³/mol. The molecule has 0 bridgehead atoms. The first-order valence-corrected chi connectivity index (χ1v) is 10.4. The summed E-state index contributed by atoms with van der Waals surface area (Å²) in [4.78, 5) is 27.8. The number of hydrogen-bond acceptors (Lipinski definition) is 6. The summed E-state index contributed by atoms with van der Waals surface area (Å²) in [7, 11) is 0. The molecular formula is C20H38N4O4. The molecule has 2 amide bonds. The van der Waals surface area contributed by atoms with E-state index < -0.39 is 11.2 Å². The van der Waals surface area contributed by atoms with Crippen LogP contribution < -0.4 is 10.9 Å². The van der Waals surface area contributed by atoms with Gasteiger partial charge in [0.2, 0.25) is 0 Å². The van der Waals surface area contributed by atoms with Crippen molar-refractivity contribution in [3.8, 4) is 0 Å². The van der Waals surface area contributed by atoms with E-state index in [0.717, 1.165) is 25.7 Å². The number of carbonyl (C=O) groups is 2. The van der Waals surface area contributed by atoms with Gasteiger partial charge in [-0.1, -0.05) is 0 Å². The Kier molecular flexibility index (Phi) is 7.56. The minimum Gasteiger partial charge on any atom is -0.444 e. The van der Waals surface area contributed by atoms with Crippen LogP contribution in [0.25, 0.3) is 0 Å². The molecule has 2 fully saturated rings. The summed E-state index contributed by atoms with van der Waals surface area (Å²) in [6.45, 7) is 14.1. The highest BCUT2D eigenvalue weighted by Crippen LogP contribution is 2.17. The highest BCUT2D eigenvalue weighted by Gasteiger charge is 2.29. The van der Waals surface area contributed by atoms with E-state index in [9.17, 15) is 9.59 Å². The van der Waals surface area contributed by atoms with Crippen LogP contribution in [0.4, 0.5) is 9.59 Å². The quantitative estimate of drug-likeness (QED) is 0.712. The lowest BCUT2D eigenvalue weighted by atomic mass is 10.0. The van der Waals surface area contributed by atoms with Crippen LogP contribution >= 0.6 is 0 Å². The first-order valence-electron chi connectivity index (χ1n) is 10.4. The average molecular weight is 399 g/mol. The third-order valence-corrected chi connectivity index (χ3v) is 4.78. The van der Waals surface area contributed by atoms with E-state index in [1.807, 2.05) is 41.5 Å². The van der Waals surface area contributed by atoms with Crippen molar-refractivity contribution >= 4 is 12.2 Å². The van der Waals surface area contributed by atoms with Crippen molar-refractivity contribution in [1.29, 1.82) is 0 Å². The minimum absolute atomic E-state index is 0.228. The van der Waals surface area contributed by atoms with Gasteiger partial charge >= 0.3 is 12.2 Å². The SMILES string of the molecule is CC(C)(C)OC(=O)N1CCC(NNC2CCN(C(=O)OC(C)(C)C)CC2)CC1. The van der Waals surface area contributed by atoms with Gasteiger partial charge in [0.05, 0.1) is 0 Å². The van der Waals surface area contributed by atoms with Gasteiger partial charge in [-0.15, -0.1) is 0 Å². The standard InChI is InChI=1S/C20H38N4O4/c1-19(2,3)27-17(25)23-11-7-15(8-12-23)21-22-16-9-13-24(14-10-16)18(26)28-20(4,5)6/h15-16,21-22H,7-14H2,1-6H3. The smallest absolute Gasteiger partial charge is 0.410 e.